The van der Waals surface area contributed by atoms with Gasteiger partial charge in [0.15, 0.2) is 23.4 Å². The van der Waals surface area contributed by atoms with Gasteiger partial charge in [0.1, 0.15) is 5.75 Å². The Morgan fingerprint density at radius 3 is 2.60 bits per heavy atom. The molecule has 0 radical (unpaired) electrons. The molecule has 30 heavy (non-hydrogen) atoms. The lowest BCUT2D eigenvalue weighted by atomic mass is 10.2. The number of carbonyl (C=O) groups excluding carboxylic acids is 1. The van der Waals surface area contributed by atoms with E-state index in [0.717, 1.165) is 18.6 Å². The first kappa shape index (κ1) is 23.0. The highest BCUT2D eigenvalue weighted by molar-refractivity contribution is 5.99. The first-order chi connectivity index (χ1) is 14.4. The predicted octanol–water partition coefficient (Wildman–Crippen LogP) is 3.15. The number of aliphatic imine (C=N–C) groups is 1. The zero-order valence-corrected chi connectivity index (χ0v) is 16.6. The van der Waals surface area contributed by atoms with Crippen LogP contribution in [-0.4, -0.2) is 45.8 Å². The fourth-order valence-corrected chi connectivity index (χ4v) is 2.35. The largest absolute Gasteiger partial charge is 0.493 e. The Kier molecular flexibility index (Phi) is 8.95. The molecule has 2 aromatic carbocycles. The van der Waals surface area contributed by atoms with E-state index in [-0.39, 0.29) is 12.5 Å². The lowest BCUT2D eigenvalue weighted by Crippen LogP contribution is -2.37. The Morgan fingerprint density at radius 2 is 1.87 bits per heavy atom. The second-order valence-electron chi connectivity index (χ2n) is 6.04. The highest BCUT2D eigenvalue weighted by Crippen LogP contribution is 2.19. The molecule has 7 nitrogen and oxygen atoms in total. The Hall–Kier alpha value is -3.27. The average Bonchev–Trinajstić information content (AvgIpc) is 2.75. The summed E-state index contributed by atoms with van der Waals surface area (Å²) in [5.74, 6) is -4.20. The maximum absolute atomic E-state index is 13.6. The van der Waals surface area contributed by atoms with E-state index in [4.69, 9.17) is 9.47 Å². The number of methoxy groups -OCH3 is 1. The van der Waals surface area contributed by atoms with E-state index in [0.29, 0.717) is 24.7 Å². The number of anilines is 2. The maximum Gasteiger partial charge on any atom is 0.243 e. The summed E-state index contributed by atoms with van der Waals surface area (Å²) in [5.41, 5.74) is 0.210. The minimum absolute atomic E-state index is 0.271. The van der Waals surface area contributed by atoms with Crippen molar-refractivity contribution in [2.24, 2.45) is 4.99 Å². The van der Waals surface area contributed by atoms with E-state index in [1.807, 2.05) is 0 Å². The smallest absolute Gasteiger partial charge is 0.243 e. The van der Waals surface area contributed by atoms with Gasteiger partial charge in [0, 0.05) is 38.9 Å². The fraction of sp³-hybridized carbons (Fsp3) is 0.300. The molecule has 1 amide bonds. The molecule has 0 aromatic heterocycles. The van der Waals surface area contributed by atoms with Gasteiger partial charge in [-0.15, -0.1) is 0 Å². The van der Waals surface area contributed by atoms with Crippen LogP contribution in [0.15, 0.2) is 41.4 Å². The van der Waals surface area contributed by atoms with Crippen LogP contribution in [-0.2, 0) is 9.53 Å². The number of rotatable bonds is 9. The molecule has 0 heterocycles. The Balaban J connectivity index is 1.87. The monoisotopic (exact) mass is 424 g/mol. The van der Waals surface area contributed by atoms with E-state index in [2.05, 4.69) is 20.9 Å². The minimum atomic E-state index is -1.65. The fourth-order valence-electron chi connectivity index (χ4n) is 2.35. The molecule has 0 spiro atoms. The van der Waals surface area contributed by atoms with Crippen LogP contribution in [0.4, 0.5) is 24.5 Å². The van der Waals surface area contributed by atoms with Crippen LogP contribution >= 0.6 is 0 Å². The Labute approximate surface area is 172 Å². The predicted molar refractivity (Wildman–Crippen MR) is 108 cm³/mol. The molecule has 0 saturated carbocycles. The van der Waals surface area contributed by atoms with Gasteiger partial charge in [0.25, 0.3) is 0 Å². The van der Waals surface area contributed by atoms with Crippen LogP contribution in [0.5, 0.6) is 5.75 Å². The van der Waals surface area contributed by atoms with Gasteiger partial charge in [-0.1, -0.05) is 6.07 Å². The molecule has 0 atom stereocenters. The van der Waals surface area contributed by atoms with Crippen molar-refractivity contribution in [1.29, 1.82) is 0 Å². The average molecular weight is 424 g/mol. The molecule has 162 valence electrons. The molecule has 0 aliphatic carbocycles. The van der Waals surface area contributed by atoms with Crippen LogP contribution in [0.3, 0.4) is 0 Å². The summed E-state index contributed by atoms with van der Waals surface area (Å²) in [6.07, 6.45) is 0.755. The van der Waals surface area contributed by atoms with Gasteiger partial charge in [0.05, 0.1) is 18.8 Å². The molecule has 0 aliphatic rings. The highest BCUT2D eigenvalue weighted by Gasteiger charge is 2.15. The van der Waals surface area contributed by atoms with Gasteiger partial charge < -0.3 is 25.4 Å². The minimum Gasteiger partial charge on any atom is -0.493 e. The topological polar surface area (TPSA) is 84.0 Å². The van der Waals surface area contributed by atoms with Crippen molar-refractivity contribution < 1.29 is 27.4 Å². The summed E-state index contributed by atoms with van der Waals surface area (Å²) in [4.78, 5) is 16.0. The van der Waals surface area contributed by atoms with E-state index in [1.165, 1.54) is 7.05 Å². The SMILES string of the molecule is CN=C(NCC(=O)Nc1ccc(F)c(F)c1F)Nc1cccc(OCCCOC)c1. The third-order valence-electron chi connectivity index (χ3n) is 3.81. The van der Waals surface area contributed by atoms with Crippen molar-refractivity contribution in [1.82, 2.24) is 5.32 Å². The summed E-state index contributed by atoms with van der Waals surface area (Å²) in [6, 6.07) is 8.81. The molecule has 10 heteroatoms. The molecule has 3 N–H and O–H groups in total. The first-order valence-corrected chi connectivity index (χ1v) is 9.07. The molecular formula is C20H23F3N4O3. The summed E-state index contributed by atoms with van der Waals surface area (Å²) in [6.45, 7) is 0.821. The zero-order valence-electron chi connectivity index (χ0n) is 16.6. The van der Waals surface area contributed by atoms with Crippen molar-refractivity contribution in [2.45, 2.75) is 6.42 Å². The molecule has 0 aliphatic heterocycles. The number of halogens is 3. The van der Waals surface area contributed by atoms with Crippen LogP contribution in [0.25, 0.3) is 0 Å². The number of ether oxygens (including phenoxy) is 2. The molecule has 2 rings (SSSR count). The van der Waals surface area contributed by atoms with Gasteiger partial charge >= 0.3 is 0 Å². The summed E-state index contributed by atoms with van der Waals surface area (Å²) in [7, 11) is 3.13. The van der Waals surface area contributed by atoms with Gasteiger partial charge in [-0.2, -0.15) is 0 Å². The zero-order chi connectivity index (χ0) is 21.9. The van der Waals surface area contributed by atoms with Crippen molar-refractivity contribution >= 4 is 23.2 Å². The summed E-state index contributed by atoms with van der Waals surface area (Å²) < 4.78 is 50.4. The number of nitrogens with one attached hydrogen (secondary N) is 3. The van der Waals surface area contributed by atoms with Crippen LogP contribution in [0.2, 0.25) is 0 Å². The first-order valence-electron chi connectivity index (χ1n) is 9.07. The normalized spacial score (nSPS) is 11.2. The van der Waals surface area contributed by atoms with E-state index in [1.54, 1.807) is 31.4 Å². The van der Waals surface area contributed by atoms with E-state index in [9.17, 15) is 18.0 Å². The van der Waals surface area contributed by atoms with Crippen molar-refractivity contribution in [3.05, 3.63) is 53.8 Å². The Morgan fingerprint density at radius 1 is 1.07 bits per heavy atom. The second-order valence-corrected chi connectivity index (χ2v) is 6.04. The van der Waals surface area contributed by atoms with Crippen LogP contribution < -0.4 is 20.7 Å². The number of nitrogens with zero attached hydrogens (tertiary/aromatic N) is 1. The van der Waals surface area contributed by atoms with Crippen molar-refractivity contribution in [3.8, 4) is 5.75 Å². The van der Waals surface area contributed by atoms with E-state index < -0.39 is 29.0 Å². The maximum atomic E-state index is 13.6. The number of carbonyl (C=O) groups is 1. The number of benzene rings is 2. The third kappa shape index (κ3) is 6.96. The Bertz CT molecular complexity index is 894. The third-order valence-corrected chi connectivity index (χ3v) is 3.81. The molecule has 2 aromatic rings. The standard InChI is InChI=1S/C20H23F3N4O3/c1-24-20(26-13-5-3-6-14(11-13)30-10-4-9-29-2)25-12-17(28)27-16-8-7-15(21)18(22)19(16)23/h3,5-8,11H,4,9-10,12H2,1-2H3,(H,27,28)(H2,24,25,26). The lowest BCUT2D eigenvalue weighted by molar-refractivity contribution is -0.115. The van der Waals surface area contributed by atoms with Gasteiger partial charge in [-0.05, 0) is 24.3 Å². The van der Waals surface area contributed by atoms with Crippen LogP contribution in [0.1, 0.15) is 6.42 Å². The van der Waals surface area contributed by atoms with Crippen LogP contribution in [0, 0.1) is 17.5 Å². The van der Waals surface area contributed by atoms with Gasteiger partial charge in [0.2, 0.25) is 5.91 Å². The molecular weight excluding hydrogens is 401 g/mol. The number of hydrogen-bond donors (Lipinski definition) is 3. The molecule has 0 saturated heterocycles. The summed E-state index contributed by atoms with van der Waals surface area (Å²) in [5, 5.41) is 7.90. The quantitative estimate of drug-likeness (QED) is 0.249. The van der Waals surface area contributed by atoms with Crippen molar-refractivity contribution in [2.75, 3.05) is 44.5 Å². The summed E-state index contributed by atoms with van der Waals surface area (Å²) >= 11 is 0. The highest BCUT2D eigenvalue weighted by atomic mass is 19.2. The molecule has 0 bridgehead atoms. The lowest BCUT2D eigenvalue weighted by Gasteiger charge is -2.13. The van der Waals surface area contributed by atoms with Gasteiger partial charge in [-0.3, -0.25) is 9.79 Å². The molecule has 0 unspecified atom stereocenters. The van der Waals surface area contributed by atoms with E-state index >= 15 is 0 Å². The number of amides is 1. The number of guanidine groups is 1. The number of hydrogen-bond acceptors (Lipinski definition) is 4. The second kappa shape index (κ2) is 11.7. The molecule has 0 fully saturated rings. The van der Waals surface area contributed by atoms with Gasteiger partial charge in [-0.25, -0.2) is 13.2 Å². The van der Waals surface area contributed by atoms with Crippen molar-refractivity contribution in [3.63, 3.8) is 0 Å².